The predicted molar refractivity (Wildman–Crippen MR) is 84.9 cm³/mol. The van der Waals surface area contributed by atoms with E-state index in [0.29, 0.717) is 25.3 Å². The van der Waals surface area contributed by atoms with Gasteiger partial charge in [-0.3, -0.25) is 4.79 Å². The predicted octanol–water partition coefficient (Wildman–Crippen LogP) is 2.09. The average molecular weight is 331 g/mol. The van der Waals surface area contributed by atoms with Gasteiger partial charge in [-0.05, 0) is 18.8 Å². The summed E-state index contributed by atoms with van der Waals surface area (Å²) in [5.41, 5.74) is 0. The molecule has 0 aliphatic rings. The van der Waals surface area contributed by atoms with Gasteiger partial charge in [0, 0.05) is 12.6 Å². The van der Waals surface area contributed by atoms with Gasteiger partial charge in [-0.15, -0.1) is 0 Å². The summed E-state index contributed by atoms with van der Waals surface area (Å²) in [5.74, 6) is 0.290. The molecule has 7 nitrogen and oxygen atoms in total. The van der Waals surface area contributed by atoms with Crippen LogP contribution in [0.25, 0.3) is 0 Å². The van der Waals surface area contributed by atoms with Crippen LogP contribution in [0.2, 0.25) is 0 Å². The van der Waals surface area contributed by atoms with Crippen LogP contribution in [0, 0.1) is 5.92 Å². The fraction of sp³-hybridized carbons (Fsp3) is 0.714. The minimum Gasteiger partial charge on any atom is -0.363 e. The van der Waals surface area contributed by atoms with Crippen LogP contribution in [0.3, 0.4) is 0 Å². The number of carbonyl (C=O) groups is 1. The SMILES string of the molecule is CCCCS(=O)(=O)N(CCC(C)C)CC(=O)Nc1ccon1. The summed E-state index contributed by atoms with van der Waals surface area (Å²) < 4.78 is 30.6. The minimum absolute atomic E-state index is 0.0683. The Balaban J connectivity index is 2.70. The fourth-order valence-electron chi connectivity index (χ4n) is 1.79. The lowest BCUT2D eigenvalue weighted by Crippen LogP contribution is -2.40. The molecule has 0 aliphatic carbocycles. The third-order valence-electron chi connectivity index (χ3n) is 3.13. The number of carbonyl (C=O) groups excluding carboxylic acids is 1. The molecule has 0 spiro atoms. The largest absolute Gasteiger partial charge is 0.363 e. The van der Waals surface area contributed by atoms with Crippen LogP contribution in [0.5, 0.6) is 0 Å². The first kappa shape index (κ1) is 18.6. The Hall–Kier alpha value is -1.41. The lowest BCUT2D eigenvalue weighted by molar-refractivity contribution is -0.116. The molecule has 0 saturated carbocycles. The van der Waals surface area contributed by atoms with E-state index < -0.39 is 15.9 Å². The molecular formula is C14H25N3O4S. The topological polar surface area (TPSA) is 92.5 Å². The van der Waals surface area contributed by atoms with Crippen molar-refractivity contribution < 1.29 is 17.7 Å². The quantitative estimate of drug-likeness (QED) is 0.708. The highest BCUT2D eigenvalue weighted by atomic mass is 32.2. The first-order chi connectivity index (χ1) is 10.3. The van der Waals surface area contributed by atoms with Gasteiger partial charge in [0.1, 0.15) is 6.26 Å². The standard InChI is InChI=1S/C14H25N3O4S/c1-4-5-10-22(19,20)17(8-6-12(2)3)11-14(18)15-13-7-9-21-16-13/h7,9,12H,4-6,8,10-11H2,1-3H3,(H,15,16,18). The minimum atomic E-state index is -3.43. The fourth-order valence-corrected chi connectivity index (χ4v) is 3.40. The molecule has 1 N–H and O–H groups in total. The van der Waals surface area contributed by atoms with Gasteiger partial charge in [-0.25, -0.2) is 8.42 Å². The second kappa shape index (κ2) is 8.89. The van der Waals surface area contributed by atoms with E-state index in [9.17, 15) is 13.2 Å². The molecule has 1 heterocycles. The van der Waals surface area contributed by atoms with Crippen LogP contribution in [-0.2, 0) is 14.8 Å². The first-order valence-corrected chi connectivity index (χ1v) is 9.14. The number of sulfonamides is 1. The maximum Gasteiger partial charge on any atom is 0.240 e. The molecule has 0 unspecified atom stereocenters. The molecule has 1 amide bonds. The van der Waals surface area contributed by atoms with Crippen molar-refractivity contribution in [3.8, 4) is 0 Å². The van der Waals surface area contributed by atoms with E-state index in [1.54, 1.807) is 0 Å². The van der Waals surface area contributed by atoms with Crippen molar-refractivity contribution in [2.45, 2.75) is 40.0 Å². The molecule has 0 bridgehead atoms. The smallest absolute Gasteiger partial charge is 0.240 e. The molecule has 0 fully saturated rings. The molecule has 0 saturated heterocycles. The number of rotatable bonds is 10. The van der Waals surface area contributed by atoms with Crippen LogP contribution >= 0.6 is 0 Å². The zero-order valence-corrected chi connectivity index (χ0v) is 14.2. The maximum atomic E-state index is 12.4. The Kier molecular flexibility index (Phi) is 7.53. The van der Waals surface area contributed by atoms with Crippen LogP contribution in [-0.4, -0.2) is 42.6 Å². The number of hydrogen-bond acceptors (Lipinski definition) is 5. The normalized spacial score (nSPS) is 12.0. The van der Waals surface area contributed by atoms with Gasteiger partial charge in [-0.1, -0.05) is 32.3 Å². The number of nitrogens with zero attached hydrogens (tertiary/aromatic N) is 2. The second-order valence-corrected chi connectivity index (χ2v) is 7.71. The maximum absolute atomic E-state index is 12.4. The van der Waals surface area contributed by atoms with E-state index in [2.05, 4.69) is 15.0 Å². The summed E-state index contributed by atoms with van der Waals surface area (Å²) >= 11 is 0. The lowest BCUT2D eigenvalue weighted by atomic mass is 10.1. The van der Waals surface area contributed by atoms with Gasteiger partial charge in [0.05, 0.1) is 12.3 Å². The van der Waals surface area contributed by atoms with Gasteiger partial charge in [0.25, 0.3) is 0 Å². The van der Waals surface area contributed by atoms with Crippen LogP contribution < -0.4 is 5.32 Å². The van der Waals surface area contributed by atoms with Gasteiger partial charge >= 0.3 is 0 Å². The summed E-state index contributed by atoms with van der Waals surface area (Å²) in [7, 11) is -3.43. The highest BCUT2D eigenvalue weighted by Gasteiger charge is 2.24. The van der Waals surface area contributed by atoms with Crippen molar-refractivity contribution in [1.29, 1.82) is 0 Å². The zero-order valence-electron chi connectivity index (χ0n) is 13.4. The Bertz CT molecular complexity index is 540. The number of hydrogen-bond donors (Lipinski definition) is 1. The molecule has 126 valence electrons. The molecule has 0 aromatic carbocycles. The van der Waals surface area contributed by atoms with Crippen LogP contribution in [0.1, 0.15) is 40.0 Å². The Morgan fingerprint density at radius 3 is 2.73 bits per heavy atom. The van der Waals surface area contributed by atoms with Crippen molar-refractivity contribution in [2.24, 2.45) is 5.92 Å². The third kappa shape index (κ3) is 6.57. The van der Waals surface area contributed by atoms with Crippen molar-refractivity contribution in [3.63, 3.8) is 0 Å². The van der Waals surface area contributed by atoms with E-state index in [0.717, 1.165) is 6.42 Å². The number of anilines is 1. The second-order valence-electron chi connectivity index (χ2n) is 5.62. The monoisotopic (exact) mass is 331 g/mol. The van der Waals surface area contributed by atoms with Crippen molar-refractivity contribution in [3.05, 3.63) is 12.3 Å². The molecule has 0 radical (unpaired) electrons. The molecule has 8 heteroatoms. The molecule has 0 aliphatic heterocycles. The zero-order chi connectivity index (χ0) is 16.6. The van der Waals surface area contributed by atoms with Gasteiger partial charge in [0.2, 0.25) is 15.9 Å². The van der Waals surface area contributed by atoms with Gasteiger partial charge in [-0.2, -0.15) is 4.31 Å². The summed E-state index contributed by atoms with van der Waals surface area (Å²) in [6.07, 6.45) is 3.43. The van der Waals surface area contributed by atoms with E-state index >= 15 is 0 Å². The molecule has 1 rings (SSSR count). The van der Waals surface area contributed by atoms with Crippen LogP contribution in [0.4, 0.5) is 5.82 Å². The van der Waals surface area contributed by atoms with Gasteiger partial charge < -0.3 is 9.84 Å². The molecule has 1 aromatic rings. The summed E-state index contributed by atoms with van der Waals surface area (Å²) in [6.45, 7) is 6.12. The highest BCUT2D eigenvalue weighted by Crippen LogP contribution is 2.10. The van der Waals surface area contributed by atoms with E-state index in [1.165, 1.54) is 16.6 Å². The Morgan fingerprint density at radius 1 is 1.45 bits per heavy atom. The van der Waals surface area contributed by atoms with E-state index in [-0.39, 0.29) is 18.1 Å². The van der Waals surface area contributed by atoms with Crippen molar-refractivity contribution >= 4 is 21.7 Å². The number of unbranched alkanes of at least 4 members (excludes halogenated alkanes) is 1. The molecule has 1 aromatic heterocycles. The third-order valence-corrected chi connectivity index (χ3v) is 5.03. The van der Waals surface area contributed by atoms with E-state index in [4.69, 9.17) is 0 Å². The van der Waals surface area contributed by atoms with Crippen molar-refractivity contribution in [2.75, 3.05) is 24.2 Å². The average Bonchev–Trinajstić information content (AvgIpc) is 2.93. The number of nitrogens with one attached hydrogen (secondary N) is 1. The van der Waals surface area contributed by atoms with Gasteiger partial charge in [0.15, 0.2) is 5.82 Å². The summed E-state index contributed by atoms with van der Waals surface area (Å²) in [6, 6.07) is 1.50. The van der Waals surface area contributed by atoms with Crippen molar-refractivity contribution in [1.82, 2.24) is 9.46 Å². The molecule has 22 heavy (non-hydrogen) atoms. The Labute approximate surface area is 132 Å². The van der Waals surface area contributed by atoms with E-state index in [1.807, 2.05) is 20.8 Å². The highest BCUT2D eigenvalue weighted by molar-refractivity contribution is 7.89. The number of aromatic nitrogens is 1. The number of amides is 1. The summed E-state index contributed by atoms with van der Waals surface area (Å²) in [4.78, 5) is 12.0. The lowest BCUT2D eigenvalue weighted by Gasteiger charge is -2.22. The Morgan fingerprint density at radius 2 is 2.18 bits per heavy atom. The van der Waals surface area contributed by atoms with Crippen LogP contribution in [0.15, 0.2) is 16.9 Å². The molecule has 0 atom stereocenters. The summed E-state index contributed by atoms with van der Waals surface area (Å²) in [5, 5.41) is 6.09. The first-order valence-electron chi connectivity index (χ1n) is 7.53. The molecular weight excluding hydrogens is 306 g/mol.